The molecule has 10 nitrogen and oxygen atoms in total. The van der Waals surface area contributed by atoms with Crippen molar-refractivity contribution in [1.29, 1.82) is 0 Å². The third-order valence-electron chi connectivity index (χ3n) is 10.8. The number of rotatable bonds is 10. The number of carbonyl (C=O) groups is 2. The third-order valence-corrected chi connectivity index (χ3v) is 10.8. The Bertz CT molecular complexity index is 1620. The van der Waals surface area contributed by atoms with Crippen LogP contribution in [0.4, 0.5) is 0 Å². The molecule has 3 heterocycles. The van der Waals surface area contributed by atoms with Crippen LogP contribution in [0.5, 0.6) is 0 Å². The SMILES string of the molecule is CC1NC(C)C(CCCN2CCN(C(c3ccccc3)c3ccccc3)CC2)(C(=O)O)C(c2cccc3nonc23)C1(C)C(=O)O. The summed E-state index contributed by atoms with van der Waals surface area (Å²) in [6.07, 6.45) is 0.905. The van der Waals surface area contributed by atoms with Gasteiger partial charge in [0.1, 0.15) is 11.0 Å². The normalized spacial score (nSPS) is 27.6. The van der Waals surface area contributed by atoms with Gasteiger partial charge in [0.25, 0.3) is 0 Å². The number of aromatic nitrogens is 2. The smallest absolute Gasteiger partial charge is 0.311 e. The molecule has 3 aromatic carbocycles. The van der Waals surface area contributed by atoms with Crippen LogP contribution < -0.4 is 5.32 Å². The maximum Gasteiger partial charge on any atom is 0.311 e. The fraction of sp³-hybridized carbons (Fsp3) is 0.444. The van der Waals surface area contributed by atoms with E-state index in [1.54, 1.807) is 25.1 Å². The van der Waals surface area contributed by atoms with Gasteiger partial charge in [-0.1, -0.05) is 72.8 Å². The number of nitrogens with one attached hydrogen (secondary N) is 1. The van der Waals surface area contributed by atoms with Crippen molar-refractivity contribution in [3.05, 3.63) is 95.6 Å². The molecule has 0 radical (unpaired) electrons. The molecule has 4 aromatic rings. The molecule has 46 heavy (non-hydrogen) atoms. The van der Waals surface area contributed by atoms with Crippen molar-refractivity contribution in [2.75, 3.05) is 32.7 Å². The molecule has 242 valence electrons. The Morgan fingerprint density at radius 2 is 1.50 bits per heavy atom. The van der Waals surface area contributed by atoms with E-state index in [4.69, 9.17) is 4.63 Å². The maximum atomic E-state index is 13.5. The molecule has 6 rings (SSSR count). The van der Waals surface area contributed by atoms with Crippen LogP contribution in [-0.4, -0.2) is 87.1 Å². The molecule has 2 saturated heterocycles. The number of piperidine rings is 1. The molecule has 2 aliphatic heterocycles. The molecule has 10 heteroatoms. The Labute approximate surface area is 269 Å². The van der Waals surface area contributed by atoms with E-state index in [1.165, 1.54) is 11.1 Å². The summed E-state index contributed by atoms with van der Waals surface area (Å²) in [4.78, 5) is 31.5. The Morgan fingerprint density at radius 3 is 2.09 bits per heavy atom. The van der Waals surface area contributed by atoms with Gasteiger partial charge >= 0.3 is 11.9 Å². The van der Waals surface area contributed by atoms with Crippen molar-refractivity contribution >= 4 is 23.0 Å². The summed E-state index contributed by atoms with van der Waals surface area (Å²) < 4.78 is 5.03. The first kappa shape index (κ1) is 31.8. The number of benzene rings is 3. The van der Waals surface area contributed by atoms with Crippen LogP contribution in [-0.2, 0) is 9.59 Å². The summed E-state index contributed by atoms with van der Waals surface area (Å²) in [6.45, 7) is 9.56. The minimum atomic E-state index is -1.44. The molecule has 3 N–H and O–H groups in total. The number of piperazine rings is 1. The third kappa shape index (κ3) is 5.48. The number of carboxylic acid groups (broad SMARTS) is 2. The van der Waals surface area contributed by atoms with Gasteiger partial charge in [-0.25, -0.2) is 4.63 Å². The van der Waals surface area contributed by atoms with E-state index in [0.29, 0.717) is 29.4 Å². The lowest BCUT2D eigenvalue weighted by atomic mass is 9.51. The fourth-order valence-corrected chi connectivity index (χ4v) is 8.20. The zero-order valence-corrected chi connectivity index (χ0v) is 26.7. The van der Waals surface area contributed by atoms with Gasteiger partial charge in [0.05, 0.1) is 16.9 Å². The average molecular weight is 626 g/mol. The predicted molar refractivity (Wildman–Crippen MR) is 174 cm³/mol. The van der Waals surface area contributed by atoms with Crippen LogP contribution >= 0.6 is 0 Å². The summed E-state index contributed by atoms with van der Waals surface area (Å²) in [5, 5.41) is 33.2. The Kier molecular flexibility index (Phi) is 8.96. The van der Waals surface area contributed by atoms with Gasteiger partial charge in [0.15, 0.2) is 0 Å². The molecular weight excluding hydrogens is 582 g/mol. The van der Waals surface area contributed by atoms with Crippen LogP contribution in [0.25, 0.3) is 11.0 Å². The number of nitrogens with zero attached hydrogens (tertiary/aromatic N) is 4. The Balaban J connectivity index is 1.23. The lowest BCUT2D eigenvalue weighted by Gasteiger charge is -2.56. The highest BCUT2D eigenvalue weighted by Gasteiger charge is 2.65. The van der Waals surface area contributed by atoms with Crippen molar-refractivity contribution in [3.63, 3.8) is 0 Å². The summed E-state index contributed by atoms with van der Waals surface area (Å²) >= 11 is 0. The molecule has 0 bridgehead atoms. The van der Waals surface area contributed by atoms with Gasteiger partial charge in [-0.3, -0.25) is 14.5 Å². The van der Waals surface area contributed by atoms with Gasteiger partial charge in [0, 0.05) is 44.2 Å². The quantitative estimate of drug-likeness (QED) is 0.220. The van der Waals surface area contributed by atoms with Crippen LogP contribution in [0.15, 0.2) is 83.5 Å². The number of carboxylic acids is 2. The van der Waals surface area contributed by atoms with Crippen LogP contribution in [0, 0.1) is 10.8 Å². The van der Waals surface area contributed by atoms with E-state index in [9.17, 15) is 19.8 Å². The fourth-order valence-electron chi connectivity index (χ4n) is 8.20. The number of aliphatic carboxylic acids is 2. The lowest BCUT2D eigenvalue weighted by Crippen LogP contribution is -2.68. The van der Waals surface area contributed by atoms with Crippen molar-refractivity contribution in [3.8, 4) is 0 Å². The maximum absolute atomic E-state index is 13.5. The minimum absolute atomic E-state index is 0.166. The second kappa shape index (κ2) is 12.9. The van der Waals surface area contributed by atoms with E-state index in [-0.39, 0.29) is 6.04 Å². The summed E-state index contributed by atoms with van der Waals surface area (Å²) in [5.41, 5.74) is 1.12. The van der Waals surface area contributed by atoms with E-state index >= 15 is 0 Å². The second-order valence-corrected chi connectivity index (χ2v) is 13.2. The van der Waals surface area contributed by atoms with Gasteiger partial charge in [0.2, 0.25) is 0 Å². The zero-order chi connectivity index (χ0) is 32.5. The van der Waals surface area contributed by atoms with Crippen molar-refractivity contribution in [2.45, 2.75) is 57.7 Å². The number of hydrogen-bond donors (Lipinski definition) is 3. The summed E-state index contributed by atoms with van der Waals surface area (Å²) in [7, 11) is 0. The molecule has 5 atom stereocenters. The van der Waals surface area contributed by atoms with E-state index < -0.39 is 40.8 Å². The van der Waals surface area contributed by atoms with Crippen LogP contribution in [0.3, 0.4) is 0 Å². The molecule has 0 spiro atoms. The highest BCUT2D eigenvalue weighted by Crippen LogP contribution is 2.58. The molecule has 0 aliphatic carbocycles. The topological polar surface area (TPSA) is 132 Å². The van der Waals surface area contributed by atoms with Gasteiger partial charge in [-0.2, -0.15) is 0 Å². The average Bonchev–Trinajstić information content (AvgIpc) is 3.55. The van der Waals surface area contributed by atoms with Crippen LogP contribution in [0.2, 0.25) is 0 Å². The van der Waals surface area contributed by atoms with Gasteiger partial charge in [-0.15, -0.1) is 0 Å². The molecule has 2 aliphatic rings. The first-order valence-electron chi connectivity index (χ1n) is 16.2. The molecule has 0 saturated carbocycles. The zero-order valence-electron chi connectivity index (χ0n) is 26.7. The van der Waals surface area contributed by atoms with Gasteiger partial charge in [-0.05, 0) is 73.2 Å². The first-order chi connectivity index (χ1) is 22.2. The van der Waals surface area contributed by atoms with E-state index in [1.807, 2.05) is 26.0 Å². The molecule has 0 amide bonds. The second-order valence-electron chi connectivity index (χ2n) is 13.2. The van der Waals surface area contributed by atoms with Gasteiger partial charge < -0.3 is 20.4 Å². The summed E-state index contributed by atoms with van der Waals surface area (Å²) in [5.74, 6) is -2.94. The lowest BCUT2D eigenvalue weighted by molar-refractivity contribution is -0.171. The van der Waals surface area contributed by atoms with E-state index in [2.05, 4.69) is 74.0 Å². The van der Waals surface area contributed by atoms with Crippen molar-refractivity contribution < 1.29 is 24.4 Å². The molecule has 2 fully saturated rings. The molecule has 5 unspecified atom stereocenters. The number of fused-ring (bicyclic) bond motifs is 1. The summed E-state index contributed by atoms with van der Waals surface area (Å²) in [6, 6.07) is 25.7. The number of hydrogen-bond acceptors (Lipinski definition) is 8. The Hall–Kier alpha value is -4.12. The molecular formula is C36H43N5O5. The van der Waals surface area contributed by atoms with Crippen molar-refractivity contribution in [2.24, 2.45) is 10.8 Å². The first-order valence-corrected chi connectivity index (χ1v) is 16.2. The largest absolute Gasteiger partial charge is 0.481 e. The highest BCUT2D eigenvalue weighted by atomic mass is 16.6. The molecule has 1 aromatic heterocycles. The monoisotopic (exact) mass is 625 g/mol. The van der Waals surface area contributed by atoms with E-state index in [0.717, 1.165) is 32.7 Å². The predicted octanol–water partition coefficient (Wildman–Crippen LogP) is 5.04. The standard InChI is InChI=1S/C36H43N5O5/c1-24-35(3,33(42)43)32(28-16-10-17-29-30(28)39-46-38-29)36(34(44)45,25(2)37-24)18-11-19-40-20-22-41(23-21-40)31(26-12-6-4-7-13-26)27-14-8-5-9-15-27/h4-10,12-17,24-25,31-32,37H,11,18-23H2,1-3H3,(H,42,43)(H,44,45). The van der Waals surface area contributed by atoms with Crippen LogP contribution in [0.1, 0.15) is 62.3 Å². The highest BCUT2D eigenvalue weighted by molar-refractivity contribution is 5.87. The minimum Gasteiger partial charge on any atom is -0.481 e. The van der Waals surface area contributed by atoms with Crippen molar-refractivity contribution in [1.82, 2.24) is 25.4 Å². The Morgan fingerprint density at radius 1 is 0.870 bits per heavy atom.